The molecular formula is C13H20N2O2. The summed E-state index contributed by atoms with van der Waals surface area (Å²) in [5.41, 5.74) is 1.22. The minimum Gasteiger partial charge on any atom is -0.389 e. The Morgan fingerprint density at radius 1 is 1.35 bits per heavy atom. The highest BCUT2D eigenvalue weighted by atomic mass is 16.3. The fourth-order valence-electron chi connectivity index (χ4n) is 2.14. The highest BCUT2D eigenvalue weighted by Gasteiger charge is 2.32. The van der Waals surface area contributed by atoms with Crippen LogP contribution >= 0.6 is 0 Å². The largest absolute Gasteiger partial charge is 0.389 e. The van der Waals surface area contributed by atoms with Gasteiger partial charge >= 0.3 is 0 Å². The molecule has 4 atom stereocenters. The van der Waals surface area contributed by atoms with Gasteiger partial charge in [-0.05, 0) is 12.5 Å². The molecule has 94 valence electrons. The van der Waals surface area contributed by atoms with Crippen LogP contribution in [0.2, 0.25) is 0 Å². The van der Waals surface area contributed by atoms with Crippen molar-refractivity contribution in [2.75, 3.05) is 13.1 Å². The second-order valence-corrected chi connectivity index (χ2v) is 4.61. The van der Waals surface area contributed by atoms with Crippen molar-refractivity contribution in [3.8, 4) is 0 Å². The summed E-state index contributed by atoms with van der Waals surface area (Å²) >= 11 is 0. The van der Waals surface area contributed by atoms with Gasteiger partial charge < -0.3 is 20.8 Å². The van der Waals surface area contributed by atoms with E-state index in [0.717, 1.165) is 0 Å². The highest BCUT2D eigenvalue weighted by Crippen LogP contribution is 2.12. The van der Waals surface area contributed by atoms with Crippen molar-refractivity contribution in [3.05, 3.63) is 35.9 Å². The molecule has 1 aromatic carbocycles. The van der Waals surface area contributed by atoms with Crippen LogP contribution in [-0.2, 0) is 0 Å². The lowest BCUT2D eigenvalue weighted by atomic mass is 10.1. The maximum atomic E-state index is 9.69. The van der Waals surface area contributed by atoms with Gasteiger partial charge in [-0.15, -0.1) is 0 Å². The Labute approximate surface area is 102 Å². The molecule has 4 N–H and O–H groups in total. The molecule has 0 spiro atoms. The van der Waals surface area contributed by atoms with Gasteiger partial charge in [-0.25, -0.2) is 0 Å². The summed E-state index contributed by atoms with van der Waals surface area (Å²) in [7, 11) is 0. The van der Waals surface area contributed by atoms with Crippen molar-refractivity contribution in [1.29, 1.82) is 0 Å². The predicted octanol–water partition coefficient (Wildman–Crippen LogP) is 0.0308. The Morgan fingerprint density at radius 3 is 2.65 bits per heavy atom. The lowest BCUT2D eigenvalue weighted by Crippen LogP contribution is -2.42. The molecule has 2 rings (SSSR count). The normalized spacial score (nSPS) is 30.4. The standard InChI is InChI=1S/C13H20N2O2/c1-9(10-5-3-2-4-6-10)14-7-11-13(17)12(16)8-15-11/h2-6,9,11-17H,7-8H2,1H3/t9?,11-,12+,13-/m1/s1. The average molecular weight is 236 g/mol. The van der Waals surface area contributed by atoms with Gasteiger partial charge in [-0.2, -0.15) is 0 Å². The topological polar surface area (TPSA) is 64.5 Å². The van der Waals surface area contributed by atoms with Crippen LogP contribution in [0.1, 0.15) is 18.5 Å². The van der Waals surface area contributed by atoms with Crippen LogP contribution in [0.4, 0.5) is 0 Å². The number of aliphatic hydroxyl groups is 2. The molecule has 4 heteroatoms. The molecule has 1 aliphatic rings. The van der Waals surface area contributed by atoms with Crippen LogP contribution in [-0.4, -0.2) is 41.6 Å². The Balaban J connectivity index is 1.83. The van der Waals surface area contributed by atoms with E-state index in [-0.39, 0.29) is 12.1 Å². The fourth-order valence-corrected chi connectivity index (χ4v) is 2.14. The Hall–Kier alpha value is -0.940. The number of benzene rings is 1. The summed E-state index contributed by atoms with van der Waals surface area (Å²) in [6.07, 6.45) is -1.32. The van der Waals surface area contributed by atoms with Gasteiger partial charge in [0.2, 0.25) is 0 Å². The Bertz CT molecular complexity index is 345. The zero-order chi connectivity index (χ0) is 12.3. The molecule has 0 saturated carbocycles. The van der Waals surface area contributed by atoms with E-state index < -0.39 is 12.2 Å². The number of hydrogen-bond donors (Lipinski definition) is 4. The van der Waals surface area contributed by atoms with E-state index in [1.807, 2.05) is 18.2 Å². The molecule has 17 heavy (non-hydrogen) atoms. The summed E-state index contributed by atoms with van der Waals surface area (Å²) in [6.45, 7) is 3.20. The predicted molar refractivity (Wildman–Crippen MR) is 66.7 cm³/mol. The van der Waals surface area contributed by atoms with Crippen LogP contribution in [0, 0.1) is 0 Å². The molecule has 4 nitrogen and oxygen atoms in total. The second-order valence-electron chi connectivity index (χ2n) is 4.61. The van der Waals surface area contributed by atoms with Gasteiger partial charge in [0.1, 0.15) is 0 Å². The zero-order valence-corrected chi connectivity index (χ0v) is 10.0. The molecule has 0 aromatic heterocycles. The number of β-amino-alcohol motifs (C(OH)–C–C–N with tert-alkyl or cyclic N) is 1. The molecule has 1 aliphatic heterocycles. The average Bonchev–Trinajstić information content (AvgIpc) is 2.68. The Kier molecular flexibility index (Phi) is 4.12. The van der Waals surface area contributed by atoms with E-state index in [4.69, 9.17) is 0 Å². The number of aliphatic hydroxyl groups excluding tert-OH is 2. The summed E-state index contributed by atoms with van der Waals surface area (Å²) < 4.78 is 0. The molecule has 0 aliphatic carbocycles. The van der Waals surface area contributed by atoms with Gasteiger partial charge in [0, 0.05) is 25.2 Å². The number of nitrogens with one attached hydrogen (secondary N) is 2. The fraction of sp³-hybridized carbons (Fsp3) is 0.538. The molecule has 0 bridgehead atoms. The summed E-state index contributed by atoms with van der Waals surface area (Å²) in [4.78, 5) is 0. The van der Waals surface area contributed by atoms with E-state index in [1.54, 1.807) is 0 Å². The first-order valence-corrected chi connectivity index (χ1v) is 6.06. The monoisotopic (exact) mass is 236 g/mol. The quantitative estimate of drug-likeness (QED) is 0.595. The summed E-state index contributed by atoms with van der Waals surface area (Å²) in [6, 6.07) is 10.3. The summed E-state index contributed by atoms with van der Waals surface area (Å²) in [5, 5.41) is 25.6. The van der Waals surface area contributed by atoms with E-state index in [9.17, 15) is 10.2 Å². The molecule has 1 fully saturated rings. The molecule has 1 saturated heterocycles. The maximum Gasteiger partial charge on any atom is 0.0976 e. The summed E-state index contributed by atoms with van der Waals surface area (Å²) in [5.74, 6) is 0. The second kappa shape index (κ2) is 5.60. The van der Waals surface area contributed by atoms with Crippen molar-refractivity contribution in [1.82, 2.24) is 10.6 Å². The maximum absolute atomic E-state index is 9.69. The van der Waals surface area contributed by atoms with Crippen molar-refractivity contribution in [2.24, 2.45) is 0 Å². The molecular weight excluding hydrogens is 216 g/mol. The zero-order valence-electron chi connectivity index (χ0n) is 10.0. The van der Waals surface area contributed by atoms with Gasteiger partial charge in [0.05, 0.1) is 12.2 Å². The van der Waals surface area contributed by atoms with Crippen LogP contribution < -0.4 is 10.6 Å². The smallest absolute Gasteiger partial charge is 0.0976 e. The Morgan fingerprint density at radius 2 is 2.06 bits per heavy atom. The lowest BCUT2D eigenvalue weighted by molar-refractivity contribution is 0.0404. The lowest BCUT2D eigenvalue weighted by Gasteiger charge is -2.20. The highest BCUT2D eigenvalue weighted by molar-refractivity contribution is 5.18. The number of rotatable bonds is 4. The first kappa shape index (κ1) is 12.5. The minimum atomic E-state index is -0.675. The molecule has 1 heterocycles. The van der Waals surface area contributed by atoms with Crippen LogP contribution in [0.5, 0.6) is 0 Å². The third kappa shape index (κ3) is 3.04. The van der Waals surface area contributed by atoms with Gasteiger partial charge in [0.25, 0.3) is 0 Å². The number of hydrogen-bond acceptors (Lipinski definition) is 4. The van der Waals surface area contributed by atoms with Crippen molar-refractivity contribution in [2.45, 2.75) is 31.2 Å². The van der Waals surface area contributed by atoms with E-state index in [1.165, 1.54) is 5.56 Å². The van der Waals surface area contributed by atoms with Crippen molar-refractivity contribution >= 4 is 0 Å². The minimum absolute atomic E-state index is 0.0730. The van der Waals surface area contributed by atoms with Crippen molar-refractivity contribution < 1.29 is 10.2 Å². The SMILES string of the molecule is CC(NC[C@H]1NC[C@H](O)[C@@H]1O)c1ccccc1. The molecule has 0 amide bonds. The van der Waals surface area contributed by atoms with E-state index in [0.29, 0.717) is 13.1 Å². The third-order valence-corrected chi connectivity index (χ3v) is 3.34. The van der Waals surface area contributed by atoms with Crippen LogP contribution in [0.15, 0.2) is 30.3 Å². The van der Waals surface area contributed by atoms with Crippen LogP contribution in [0.3, 0.4) is 0 Å². The molecule has 0 radical (unpaired) electrons. The van der Waals surface area contributed by atoms with Gasteiger partial charge in [-0.1, -0.05) is 30.3 Å². The van der Waals surface area contributed by atoms with Crippen LogP contribution in [0.25, 0.3) is 0 Å². The van der Waals surface area contributed by atoms with Gasteiger partial charge in [-0.3, -0.25) is 0 Å². The molecule has 1 aromatic rings. The molecule has 1 unspecified atom stereocenters. The van der Waals surface area contributed by atoms with Gasteiger partial charge in [0.15, 0.2) is 0 Å². The first-order valence-electron chi connectivity index (χ1n) is 6.06. The first-order chi connectivity index (χ1) is 8.18. The van der Waals surface area contributed by atoms with Crippen molar-refractivity contribution in [3.63, 3.8) is 0 Å². The van der Waals surface area contributed by atoms with E-state index in [2.05, 4.69) is 29.7 Å². The van der Waals surface area contributed by atoms with E-state index >= 15 is 0 Å². The third-order valence-electron chi connectivity index (χ3n) is 3.34.